The molecule has 1 aliphatic heterocycles. The highest BCUT2D eigenvalue weighted by Crippen LogP contribution is 2.30. The van der Waals surface area contributed by atoms with E-state index in [9.17, 15) is 18.0 Å². The molecule has 0 bridgehead atoms. The van der Waals surface area contributed by atoms with Gasteiger partial charge >= 0.3 is 6.18 Å². The Hall–Kier alpha value is -3.40. The number of fused-ring (bicyclic) bond motifs is 1. The van der Waals surface area contributed by atoms with Crippen molar-refractivity contribution in [3.63, 3.8) is 0 Å². The van der Waals surface area contributed by atoms with Crippen LogP contribution in [-0.2, 0) is 11.0 Å². The fraction of sp³-hybridized carbons (Fsp3) is 0.318. The third-order valence-electron chi connectivity index (χ3n) is 5.11. The lowest BCUT2D eigenvalue weighted by Crippen LogP contribution is -2.44. The minimum atomic E-state index is -4.42. The van der Waals surface area contributed by atoms with Crippen LogP contribution >= 0.6 is 0 Å². The zero-order valence-electron chi connectivity index (χ0n) is 17.4. The summed E-state index contributed by atoms with van der Waals surface area (Å²) < 4.78 is 43.1. The molecule has 2 aromatic carbocycles. The van der Waals surface area contributed by atoms with E-state index in [-0.39, 0.29) is 12.4 Å². The summed E-state index contributed by atoms with van der Waals surface area (Å²) in [6.45, 7) is 5.03. The van der Waals surface area contributed by atoms with Gasteiger partial charge in [0.1, 0.15) is 5.75 Å². The van der Waals surface area contributed by atoms with Gasteiger partial charge in [-0.3, -0.25) is 4.79 Å². The van der Waals surface area contributed by atoms with Crippen molar-refractivity contribution in [2.24, 2.45) is 0 Å². The molecular weight excluding hydrogens is 423 g/mol. The van der Waals surface area contributed by atoms with Crippen molar-refractivity contribution in [2.45, 2.75) is 13.1 Å². The Kier molecular flexibility index (Phi) is 6.13. The standard InChI is InChI=1S/C22H22F3N5O2/c1-14-18-12-16(4-7-19(18)29-21(27-14)30-10-8-26-9-11-30)28-20(31)13-32-17-5-2-15(3-6-17)22(23,24)25/h2-7,12,26H,8-11,13H2,1H3,(H,28,31). The number of rotatable bonds is 5. The SMILES string of the molecule is Cc1nc(N2CCNCC2)nc2ccc(NC(=O)COc3ccc(C(F)(F)F)cc3)cc12. The smallest absolute Gasteiger partial charge is 0.416 e. The van der Waals surface area contributed by atoms with E-state index >= 15 is 0 Å². The number of hydrogen-bond donors (Lipinski definition) is 2. The minimum absolute atomic E-state index is 0.177. The van der Waals surface area contributed by atoms with Crippen LogP contribution in [-0.4, -0.2) is 48.7 Å². The first-order chi connectivity index (χ1) is 15.3. The molecule has 0 unspecified atom stereocenters. The average molecular weight is 445 g/mol. The Balaban J connectivity index is 1.40. The number of carbonyl (C=O) groups excluding carboxylic acids is 1. The maximum atomic E-state index is 12.6. The Bertz CT molecular complexity index is 1110. The zero-order chi connectivity index (χ0) is 22.7. The number of piperazine rings is 1. The van der Waals surface area contributed by atoms with Crippen molar-refractivity contribution in [1.29, 1.82) is 0 Å². The quantitative estimate of drug-likeness (QED) is 0.627. The second kappa shape index (κ2) is 8.99. The van der Waals surface area contributed by atoms with Crippen molar-refractivity contribution in [2.75, 3.05) is 43.0 Å². The normalized spacial score (nSPS) is 14.4. The van der Waals surface area contributed by atoms with Crippen molar-refractivity contribution in [1.82, 2.24) is 15.3 Å². The molecule has 0 spiro atoms. The van der Waals surface area contributed by atoms with Gasteiger partial charge < -0.3 is 20.3 Å². The molecule has 1 aromatic heterocycles. The Labute approximate surface area is 182 Å². The van der Waals surface area contributed by atoms with Crippen LogP contribution in [0.15, 0.2) is 42.5 Å². The van der Waals surface area contributed by atoms with Gasteiger partial charge in [-0.1, -0.05) is 0 Å². The highest BCUT2D eigenvalue weighted by atomic mass is 19.4. The molecule has 0 atom stereocenters. The maximum Gasteiger partial charge on any atom is 0.416 e. The van der Waals surface area contributed by atoms with E-state index in [4.69, 9.17) is 4.74 Å². The molecule has 1 fully saturated rings. The van der Waals surface area contributed by atoms with E-state index in [0.717, 1.165) is 54.9 Å². The second-order valence-corrected chi connectivity index (χ2v) is 7.44. The van der Waals surface area contributed by atoms with E-state index in [0.29, 0.717) is 11.6 Å². The summed E-state index contributed by atoms with van der Waals surface area (Å²) in [6, 6.07) is 9.55. The van der Waals surface area contributed by atoms with Gasteiger partial charge in [0.2, 0.25) is 5.95 Å². The molecule has 168 valence electrons. The molecule has 32 heavy (non-hydrogen) atoms. The Morgan fingerprint density at radius 1 is 1.12 bits per heavy atom. The molecule has 3 aromatic rings. The molecule has 0 saturated carbocycles. The first kappa shape index (κ1) is 21.8. The molecular formula is C22H22F3N5O2. The predicted molar refractivity (Wildman–Crippen MR) is 115 cm³/mol. The van der Waals surface area contributed by atoms with Gasteiger partial charge in [-0.25, -0.2) is 9.97 Å². The van der Waals surface area contributed by atoms with Crippen LogP contribution in [0, 0.1) is 6.92 Å². The molecule has 0 radical (unpaired) electrons. The molecule has 10 heteroatoms. The van der Waals surface area contributed by atoms with Crippen LogP contribution in [0.3, 0.4) is 0 Å². The number of anilines is 2. The summed E-state index contributed by atoms with van der Waals surface area (Å²) in [5.74, 6) is 0.440. The largest absolute Gasteiger partial charge is 0.484 e. The number of halogens is 3. The highest BCUT2D eigenvalue weighted by Gasteiger charge is 2.30. The maximum absolute atomic E-state index is 12.6. The van der Waals surface area contributed by atoms with Crippen molar-refractivity contribution < 1.29 is 22.7 Å². The van der Waals surface area contributed by atoms with Gasteiger partial charge in [-0.2, -0.15) is 13.2 Å². The number of nitrogens with zero attached hydrogens (tertiary/aromatic N) is 3. The number of hydrogen-bond acceptors (Lipinski definition) is 6. The summed E-state index contributed by atoms with van der Waals surface area (Å²) in [5.41, 5.74) is 1.37. The van der Waals surface area contributed by atoms with Crippen molar-refractivity contribution in [3.05, 3.63) is 53.7 Å². The van der Waals surface area contributed by atoms with Crippen LogP contribution in [0.2, 0.25) is 0 Å². The summed E-state index contributed by atoms with van der Waals surface area (Å²) in [4.78, 5) is 23.6. The number of ether oxygens (including phenoxy) is 1. The van der Waals surface area contributed by atoms with Crippen molar-refractivity contribution in [3.8, 4) is 5.75 Å². The molecule has 1 saturated heterocycles. The molecule has 2 N–H and O–H groups in total. The second-order valence-electron chi connectivity index (χ2n) is 7.44. The van der Waals surface area contributed by atoms with Crippen LogP contribution in [0.4, 0.5) is 24.8 Å². The fourth-order valence-corrected chi connectivity index (χ4v) is 3.44. The highest BCUT2D eigenvalue weighted by molar-refractivity contribution is 5.95. The minimum Gasteiger partial charge on any atom is -0.484 e. The average Bonchev–Trinajstić information content (AvgIpc) is 2.78. The number of aromatic nitrogens is 2. The van der Waals surface area contributed by atoms with Crippen LogP contribution in [0.1, 0.15) is 11.3 Å². The first-order valence-corrected chi connectivity index (χ1v) is 10.1. The predicted octanol–water partition coefficient (Wildman–Crippen LogP) is 3.38. The molecule has 7 nitrogen and oxygen atoms in total. The molecule has 1 aliphatic rings. The van der Waals surface area contributed by atoms with E-state index in [2.05, 4.69) is 25.5 Å². The molecule has 2 heterocycles. The van der Waals surface area contributed by atoms with Crippen LogP contribution in [0.5, 0.6) is 5.75 Å². The number of aryl methyl sites for hydroxylation is 1. The Morgan fingerprint density at radius 2 is 1.84 bits per heavy atom. The van der Waals surface area contributed by atoms with E-state index < -0.39 is 17.6 Å². The fourth-order valence-electron chi connectivity index (χ4n) is 3.44. The zero-order valence-corrected chi connectivity index (χ0v) is 17.4. The van der Waals surface area contributed by atoms with Gasteiger partial charge in [0.05, 0.1) is 16.8 Å². The van der Waals surface area contributed by atoms with E-state index in [1.165, 1.54) is 12.1 Å². The third kappa shape index (κ3) is 5.08. The number of amides is 1. The topological polar surface area (TPSA) is 79.4 Å². The lowest BCUT2D eigenvalue weighted by atomic mass is 10.1. The van der Waals surface area contributed by atoms with Gasteiger partial charge in [0.25, 0.3) is 5.91 Å². The van der Waals surface area contributed by atoms with Gasteiger partial charge in [0.15, 0.2) is 6.61 Å². The Morgan fingerprint density at radius 3 is 2.53 bits per heavy atom. The van der Waals surface area contributed by atoms with E-state index in [1.54, 1.807) is 12.1 Å². The lowest BCUT2D eigenvalue weighted by molar-refractivity contribution is -0.137. The van der Waals surface area contributed by atoms with Gasteiger partial charge in [-0.05, 0) is 49.4 Å². The monoisotopic (exact) mass is 445 g/mol. The molecule has 0 aliphatic carbocycles. The molecule has 4 rings (SSSR count). The summed E-state index contributed by atoms with van der Waals surface area (Å²) in [5, 5.41) is 6.85. The lowest BCUT2D eigenvalue weighted by Gasteiger charge is -2.27. The van der Waals surface area contributed by atoms with Gasteiger partial charge in [0, 0.05) is 37.3 Å². The third-order valence-corrected chi connectivity index (χ3v) is 5.11. The first-order valence-electron chi connectivity index (χ1n) is 10.1. The number of carbonyl (C=O) groups is 1. The molecule has 1 amide bonds. The number of alkyl halides is 3. The van der Waals surface area contributed by atoms with Gasteiger partial charge in [-0.15, -0.1) is 0 Å². The summed E-state index contributed by atoms with van der Waals surface area (Å²) in [6.07, 6.45) is -4.42. The van der Waals surface area contributed by atoms with E-state index in [1.807, 2.05) is 13.0 Å². The van der Waals surface area contributed by atoms with Crippen molar-refractivity contribution >= 4 is 28.4 Å². The van der Waals surface area contributed by atoms with Crippen LogP contribution in [0.25, 0.3) is 10.9 Å². The van der Waals surface area contributed by atoms with Crippen LogP contribution < -0.4 is 20.3 Å². The summed E-state index contributed by atoms with van der Waals surface area (Å²) >= 11 is 0. The number of nitrogens with one attached hydrogen (secondary N) is 2. The number of benzene rings is 2. The summed E-state index contributed by atoms with van der Waals surface area (Å²) in [7, 11) is 0.